The van der Waals surface area contributed by atoms with Crippen LogP contribution >= 0.6 is 26.5 Å². The first-order chi connectivity index (χ1) is 6.45. The summed E-state index contributed by atoms with van der Waals surface area (Å²) in [5, 5.41) is 6.31. The predicted molar refractivity (Wildman–Crippen MR) is 64.1 cm³/mol. The molecule has 0 aromatic carbocycles. The van der Waals surface area contributed by atoms with Gasteiger partial charge in [-0.1, -0.05) is 0 Å². The van der Waals surface area contributed by atoms with Gasteiger partial charge in [-0.05, 0) is 0 Å². The standard InChI is InChI=1S/C8H13N2.2ClH.H2P.Pd/c1-9-7-3-5-8(10-2)6-4-7;;;;/h3-5,9-10H,6H2,1-2H3;2*1H;1H2;/q;;;-1;+3/p-2. The van der Waals surface area contributed by atoms with Crippen LogP contribution in [0.1, 0.15) is 6.42 Å². The third-order valence-corrected chi connectivity index (χ3v) is 9.45. The molecular weight excluding hydrogens is 332 g/mol. The van der Waals surface area contributed by atoms with Gasteiger partial charge in [0.1, 0.15) is 0 Å². The second kappa shape index (κ2) is 4.83. The summed E-state index contributed by atoms with van der Waals surface area (Å²) >= 11 is -2.47. The third-order valence-electron chi connectivity index (χ3n) is 2.19. The van der Waals surface area contributed by atoms with Crippen LogP contribution in [0.15, 0.2) is 23.9 Å². The average Bonchev–Trinajstić information content (AvgIpc) is 2.16. The van der Waals surface area contributed by atoms with Crippen LogP contribution in [-0.4, -0.2) is 18.1 Å². The summed E-state index contributed by atoms with van der Waals surface area (Å²) in [6.07, 6.45) is 7.00. The van der Waals surface area contributed by atoms with Gasteiger partial charge in [0.25, 0.3) is 0 Å². The molecule has 0 aromatic heterocycles. The minimum absolute atomic E-state index is 0.266. The molecule has 0 aromatic rings. The van der Waals surface area contributed by atoms with E-state index in [1.54, 1.807) is 0 Å². The molecule has 0 heterocycles. The van der Waals surface area contributed by atoms with Gasteiger partial charge in [-0.15, -0.1) is 0 Å². The molecule has 0 aliphatic heterocycles. The first-order valence-corrected chi connectivity index (χ1v) is 11.9. The second-order valence-corrected chi connectivity index (χ2v) is 17.4. The molecule has 1 aliphatic carbocycles. The van der Waals surface area contributed by atoms with Gasteiger partial charge in [-0.25, -0.2) is 0 Å². The van der Waals surface area contributed by atoms with Gasteiger partial charge in [0.15, 0.2) is 0 Å². The summed E-state index contributed by atoms with van der Waals surface area (Å²) in [6, 6.07) is 0. The topological polar surface area (TPSA) is 24.1 Å². The van der Waals surface area contributed by atoms with Crippen molar-refractivity contribution in [1.82, 2.24) is 10.6 Å². The fourth-order valence-electron chi connectivity index (χ4n) is 1.24. The number of rotatable bonds is 3. The van der Waals surface area contributed by atoms with Crippen LogP contribution in [0.25, 0.3) is 0 Å². The molecule has 1 rings (SSSR count). The molecule has 0 fully saturated rings. The molecule has 0 radical (unpaired) electrons. The van der Waals surface area contributed by atoms with Crippen molar-refractivity contribution in [2.75, 3.05) is 14.1 Å². The zero-order valence-electron chi connectivity index (χ0n) is 8.09. The van der Waals surface area contributed by atoms with E-state index in [4.69, 9.17) is 19.1 Å². The Morgan fingerprint density at radius 2 is 2.14 bits per heavy atom. The minimum atomic E-state index is -2.47. The van der Waals surface area contributed by atoms with E-state index in [1.807, 2.05) is 20.2 Å². The van der Waals surface area contributed by atoms with E-state index >= 15 is 0 Å². The Balaban J connectivity index is 2.89. The number of nitrogens with one attached hydrogen (secondary N) is 2. The van der Waals surface area contributed by atoms with Gasteiger partial charge in [0.05, 0.1) is 0 Å². The average molecular weight is 348 g/mol. The fraction of sp³-hybridized carbons (Fsp3) is 0.500. The predicted octanol–water partition coefficient (Wildman–Crippen LogP) is 2.22. The van der Waals surface area contributed by atoms with Crippen molar-refractivity contribution in [3.8, 4) is 0 Å². The van der Waals surface area contributed by atoms with Gasteiger partial charge in [-0.3, -0.25) is 0 Å². The summed E-state index contributed by atoms with van der Waals surface area (Å²) in [7, 11) is 18.9. The molecule has 2 nitrogen and oxygen atoms in total. The van der Waals surface area contributed by atoms with Crippen molar-refractivity contribution in [2.45, 2.75) is 10.4 Å². The fourth-order valence-corrected chi connectivity index (χ4v) is 5.91. The van der Waals surface area contributed by atoms with Crippen LogP contribution in [0, 0.1) is 0 Å². The van der Waals surface area contributed by atoms with Crippen LogP contribution in [0.2, 0.25) is 0 Å². The number of hydrogen-bond donors (Lipinski definition) is 2. The molecule has 2 unspecified atom stereocenters. The van der Waals surface area contributed by atoms with Crippen molar-refractivity contribution >= 4 is 26.5 Å². The van der Waals surface area contributed by atoms with E-state index in [0.717, 1.165) is 12.1 Å². The molecule has 0 saturated heterocycles. The monoisotopic (exact) mass is 346 g/mol. The van der Waals surface area contributed by atoms with E-state index in [0.29, 0.717) is 0 Å². The Kier molecular flexibility index (Phi) is 4.48. The van der Waals surface area contributed by atoms with E-state index < -0.39 is 13.0 Å². The van der Waals surface area contributed by atoms with Crippen LogP contribution in [-0.2, 0) is 13.0 Å². The van der Waals surface area contributed by atoms with E-state index in [-0.39, 0.29) is 4.01 Å². The van der Waals surface area contributed by atoms with Crippen molar-refractivity contribution in [2.24, 2.45) is 0 Å². The zero-order chi connectivity index (χ0) is 10.8. The van der Waals surface area contributed by atoms with Crippen molar-refractivity contribution in [1.29, 1.82) is 0 Å². The zero-order valence-corrected chi connectivity index (χ0v) is 12.3. The molecule has 2 N–H and O–H groups in total. The summed E-state index contributed by atoms with van der Waals surface area (Å²) in [4.78, 5) is 0. The quantitative estimate of drug-likeness (QED) is 0.604. The van der Waals surface area contributed by atoms with Crippen LogP contribution in [0.3, 0.4) is 0 Å². The van der Waals surface area contributed by atoms with Crippen LogP contribution in [0.5, 0.6) is 0 Å². The Labute approximate surface area is 98.2 Å². The first kappa shape index (κ1) is 13.0. The molecular formula is C8H15Cl2N2PPd. The van der Waals surface area contributed by atoms with Crippen LogP contribution in [0.4, 0.5) is 0 Å². The Hall–Kier alpha value is 0.912. The van der Waals surface area contributed by atoms with E-state index in [9.17, 15) is 0 Å². The maximum absolute atomic E-state index is 6.27. The number of allylic oxidation sites excluding steroid dienone is 1. The van der Waals surface area contributed by atoms with Crippen molar-refractivity contribution in [3.05, 3.63) is 23.9 Å². The molecule has 1 aliphatic rings. The van der Waals surface area contributed by atoms with E-state index in [2.05, 4.69) is 30.2 Å². The summed E-state index contributed by atoms with van der Waals surface area (Å²) in [5.41, 5.74) is 1.11. The second-order valence-electron chi connectivity index (χ2n) is 2.90. The number of halogens is 2. The summed E-state index contributed by atoms with van der Waals surface area (Å²) in [5.74, 6) is 0. The first-order valence-electron chi connectivity index (χ1n) is 4.04. The third kappa shape index (κ3) is 2.53. The van der Waals surface area contributed by atoms with Gasteiger partial charge in [0.2, 0.25) is 0 Å². The van der Waals surface area contributed by atoms with E-state index in [1.165, 1.54) is 0 Å². The molecule has 0 amide bonds. The summed E-state index contributed by atoms with van der Waals surface area (Å²) in [6.45, 7) is 0. The number of likely N-dealkylation sites (N-methyl/N-ethyl adjacent to an activating group) is 2. The normalized spacial score (nSPS) is 28.5. The molecule has 0 bridgehead atoms. The summed E-state index contributed by atoms with van der Waals surface area (Å²) < 4.78 is -0.266. The molecule has 86 valence electrons. The number of hydrogen-bond acceptors (Lipinski definition) is 2. The molecule has 0 saturated carbocycles. The van der Waals surface area contributed by atoms with Crippen molar-refractivity contribution in [3.63, 3.8) is 0 Å². The van der Waals surface area contributed by atoms with Crippen LogP contribution < -0.4 is 10.6 Å². The molecule has 2 atom stereocenters. The Bertz CT molecular complexity index is 275. The molecule has 0 spiro atoms. The SMILES string of the molecule is CNC1=CC[C](NC)([Pd]([PH2])([Cl])[Cl])C=C1. The molecule has 6 heteroatoms. The Morgan fingerprint density at radius 1 is 1.50 bits per heavy atom. The van der Waals surface area contributed by atoms with Gasteiger partial charge >= 0.3 is 98.6 Å². The van der Waals surface area contributed by atoms with Gasteiger partial charge in [0, 0.05) is 0 Å². The van der Waals surface area contributed by atoms with Crippen molar-refractivity contribution < 1.29 is 13.0 Å². The molecule has 14 heavy (non-hydrogen) atoms. The Morgan fingerprint density at radius 3 is 2.43 bits per heavy atom. The van der Waals surface area contributed by atoms with Gasteiger partial charge < -0.3 is 0 Å². The van der Waals surface area contributed by atoms with Gasteiger partial charge in [-0.2, -0.15) is 0 Å². The maximum atomic E-state index is 6.27.